The van der Waals surface area contributed by atoms with E-state index in [2.05, 4.69) is 23.2 Å². The van der Waals surface area contributed by atoms with E-state index in [1.54, 1.807) is 4.57 Å². The Morgan fingerprint density at radius 3 is 2.67 bits per heavy atom. The fourth-order valence-corrected chi connectivity index (χ4v) is 5.21. The van der Waals surface area contributed by atoms with Crippen molar-refractivity contribution in [3.05, 3.63) is 64.0 Å². The lowest BCUT2D eigenvalue weighted by atomic mass is 10.1. The van der Waals surface area contributed by atoms with Crippen LogP contribution < -0.4 is 4.80 Å². The highest BCUT2D eigenvalue weighted by molar-refractivity contribution is 7.98. The smallest absolute Gasteiger partial charge is 0.325 e. The molecule has 0 N–H and O–H groups in total. The first-order chi connectivity index (χ1) is 14.5. The van der Waals surface area contributed by atoms with Crippen molar-refractivity contribution in [2.45, 2.75) is 39.0 Å². The van der Waals surface area contributed by atoms with Crippen molar-refractivity contribution >= 4 is 45.2 Å². The van der Waals surface area contributed by atoms with Gasteiger partial charge >= 0.3 is 5.97 Å². The molecule has 158 valence electrons. The Kier molecular flexibility index (Phi) is 7.87. The van der Waals surface area contributed by atoms with Gasteiger partial charge in [0, 0.05) is 12.2 Å². The van der Waals surface area contributed by atoms with E-state index in [1.807, 2.05) is 49.9 Å². The number of aryl methyl sites for hydroxylation is 2. The number of thioether (sulfide) groups is 1. The topological polar surface area (TPSA) is 60.7 Å². The third-order valence-electron chi connectivity index (χ3n) is 4.64. The molecule has 0 saturated carbocycles. The summed E-state index contributed by atoms with van der Waals surface area (Å²) in [4.78, 5) is 29.3. The number of esters is 1. The summed E-state index contributed by atoms with van der Waals surface area (Å²) >= 11 is 3.26. The van der Waals surface area contributed by atoms with Gasteiger partial charge in [0.15, 0.2) is 4.80 Å². The molecule has 1 aromatic heterocycles. The molecule has 0 saturated heterocycles. The van der Waals surface area contributed by atoms with Crippen molar-refractivity contribution in [1.29, 1.82) is 0 Å². The van der Waals surface area contributed by atoms with Gasteiger partial charge in [-0.25, -0.2) is 0 Å². The number of carbonyl (C=O) groups is 2. The van der Waals surface area contributed by atoms with Gasteiger partial charge in [0.25, 0.3) is 0 Å². The van der Waals surface area contributed by atoms with Gasteiger partial charge in [-0.3, -0.25) is 9.59 Å². The van der Waals surface area contributed by atoms with E-state index in [1.165, 1.54) is 24.0 Å². The predicted octanol–water partition coefficient (Wildman–Crippen LogP) is 4.63. The van der Waals surface area contributed by atoms with E-state index in [-0.39, 0.29) is 18.4 Å². The van der Waals surface area contributed by atoms with Crippen LogP contribution in [0, 0.1) is 13.8 Å². The average molecular weight is 443 g/mol. The first kappa shape index (κ1) is 22.3. The number of benzene rings is 2. The highest BCUT2D eigenvalue weighted by atomic mass is 32.2. The zero-order valence-corrected chi connectivity index (χ0v) is 19.1. The molecule has 0 aliphatic heterocycles. The van der Waals surface area contributed by atoms with Gasteiger partial charge < -0.3 is 9.30 Å². The molecule has 7 heteroatoms. The second kappa shape index (κ2) is 10.6. The van der Waals surface area contributed by atoms with E-state index in [9.17, 15) is 9.59 Å². The second-order valence-corrected chi connectivity index (χ2v) is 9.21. The van der Waals surface area contributed by atoms with Gasteiger partial charge in [-0.05, 0) is 48.8 Å². The predicted molar refractivity (Wildman–Crippen MR) is 124 cm³/mol. The lowest BCUT2D eigenvalue weighted by Crippen LogP contribution is -2.22. The van der Waals surface area contributed by atoms with Gasteiger partial charge in [-0.15, -0.1) is 0 Å². The molecule has 2 aromatic carbocycles. The van der Waals surface area contributed by atoms with Crippen LogP contribution in [0.15, 0.2) is 47.5 Å². The highest BCUT2D eigenvalue weighted by Gasteiger charge is 2.13. The number of aromatic nitrogens is 1. The number of ether oxygens (including phenoxy) is 1. The second-order valence-electron chi connectivity index (χ2n) is 7.12. The fraction of sp³-hybridized carbons (Fsp3) is 0.348. The zero-order valence-electron chi connectivity index (χ0n) is 17.5. The van der Waals surface area contributed by atoms with Crippen LogP contribution in [0.5, 0.6) is 0 Å². The van der Waals surface area contributed by atoms with Crippen molar-refractivity contribution in [3.8, 4) is 0 Å². The molecule has 0 atom stereocenters. The Balaban J connectivity index is 1.70. The molecule has 3 rings (SSSR count). The minimum Gasteiger partial charge on any atom is -0.468 e. The van der Waals surface area contributed by atoms with Crippen molar-refractivity contribution < 1.29 is 14.3 Å². The van der Waals surface area contributed by atoms with Crippen LogP contribution in [0.2, 0.25) is 0 Å². The number of hydrogen-bond donors (Lipinski definition) is 0. The monoisotopic (exact) mass is 442 g/mol. The minimum atomic E-state index is -0.361. The lowest BCUT2D eigenvalue weighted by Gasteiger charge is -2.05. The largest absolute Gasteiger partial charge is 0.468 e. The number of hydrogen-bond acceptors (Lipinski definition) is 5. The molecular weight excluding hydrogens is 416 g/mol. The lowest BCUT2D eigenvalue weighted by molar-refractivity contribution is -0.141. The zero-order chi connectivity index (χ0) is 21.5. The van der Waals surface area contributed by atoms with E-state index in [4.69, 9.17) is 4.74 Å². The van der Waals surface area contributed by atoms with Crippen molar-refractivity contribution in [1.82, 2.24) is 4.57 Å². The number of thiazole rings is 1. The van der Waals surface area contributed by atoms with Gasteiger partial charge in [0.2, 0.25) is 5.91 Å². The molecule has 0 fully saturated rings. The Morgan fingerprint density at radius 2 is 1.93 bits per heavy atom. The molecular formula is C23H26N2O3S2. The molecule has 0 bridgehead atoms. The number of fused-ring (bicyclic) bond motifs is 1. The van der Waals surface area contributed by atoms with Crippen LogP contribution >= 0.6 is 23.1 Å². The Labute approximate surface area is 184 Å². The molecule has 1 amide bonds. The Bertz CT molecular complexity index is 1100. The molecule has 0 aliphatic carbocycles. The van der Waals surface area contributed by atoms with Gasteiger partial charge in [0.05, 0.1) is 17.3 Å². The molecule has 0 radical (unpaired) electrons. The fourth-order valence-electron chi connectivity index (χ4n) is 3.20. The summed E-state index contributed by atoms with van der Waals surface area (Å²) in [6.07, 6.45) is 1.17. The molecule has 0 spiro atoms. The highest BCUT2D eigenvalue weighted by Crippen LogP contribution is 2.23. The van der Waals surface area contributed by atoms with Crippen molar-refractivity contribution in [3.63, 3.8) is 0 Å². The molecule has 5 nitrogen and oxygen atoms in total. The maximum absolute atomic E-state index is 12.5. The standard InChI is InChI=1S/C23H26N2O3S2/c1-16-12-17(2)22-19(13-16)25(14-21(27)28-3)23(30-22)24-20(26)10-7-11-29-15-18-8-5-4-6-9-18/h4-6,8-9,12-13H,7,10-11,14-15H2,1-3H3. The summed E-state index contributed by atoms with van der Waals surface area (Å²) < 4.78 is 7.66. The normalized spacial score (nSPS) is 11.8. The van der Waals surface area contributed by atoms with Gasteiger partial charge in [-0.2, -0.15) is 16.8 Å². The SMILES string of the molecule is COC(=O)Cn1c(=NC(=O)CCCSCc2ccccc2)sc2c(C)cc(C)cc21. The molecule has 0 aliphatic rings. The summed E-state index contributed by atoms with van der Waals surface area (Å²) in [5.74, 6) is 1.33. The third kappa shape index (κ3) is 5.83. The number of rotatable bonds is 8. The summed E-state index contributed by atoms with van der Waals surface area (Å²) in [7, 11) is 1.36. The van der Waals surface area contributed by atoms with E-state index >= 15 is 0 Å². The quantitative estimate of drug-likeness (QED) is 0.377. The van der Waals surface area contributed by atoms with Crippen LogP contribution in [0.4, 0.5) is 0 Å². The average Bonchev–Trinajstić information content (AvgIpc) is 3.05. The summed E-state index contributed by atoms with van der Waals surface area (Å²) in [5.41, 5.74) is 4.41. The van der Waals surface area contributed by atoms with Crippen LogP contribution in [0.25, 0.3) is 10.2 Å². The minimum absolute atomic E-state index is 0.0401. The van der Waals surface area contributed by atoms with Crippen LogP contribution in [-0.2, 0) is 26.6 Å². The Morgan fingerprint density at radius 1 is 1.17 bits per heavy atom. The van der Waals surface area contributed by atoms with E-state index < -0.39 is 0 Å². The van der Waals surface area contributed by atoms with Crippen LogP contribution in [-0.4, -0.2) is 29.3 Å². The number of carbonyl (C=O) groups excluding carboxylic acids is 2. The van der Waals surface area contributed by atoms with E-state index in [0.717, 1.165) is 39.3 Å². The number of methoxy groups -OCH3 is 1. The Hall–Kier alpha value is -2.38. The molecule has 30 heavy (non-hydrogen) atoms. The van der Waals surface area contributed by atoms with E-state index in [0.29, 0.717) is 11.2 Å². The molecule has 0 unspecified atom stereocenters. The van der Waals surface area contributed by atoms with Crippen molar-refractivity contribution in [2.75, 3.05) is 12.9 Å². The van der Waals surface area contributed by atoms with Crippen LogP contribution in [0.1, 0.15) is 29.5 Å². The maximum Gasteiger partial charge on any atom is 0.325 e. The number of nitrogens with zero attached hydrogens (tertiary/aromatic N) is 2. The summed E-state index contributed by atoms with van der Waals surface area (Å²) in [6, 6.07) is 14.4. The summed E-state index contributed by atoms with van der Waals surface area (Å²) in [6.45, 7) is 4.09. The molecule has 3 aromatic rings. The third-order valence-corrected chi connectivity index (χ3v) is 6.98. The van der Waals surface area contributed by atoms with Crippen molar-refractivity contribution in [2.24, 2.45) is 4.99 Å². The number of amides is 1. The first-order valence-electron chi connectivity index (χ1n) is 9.84. The molecule has 1 heterocycles. The van der Waals surface area contributed by atoms with Gasteiger partial charge in [0.1, 0.15) is 6.54 Å². The summed E-state index contributed by atoms with van der Waals surface area (Å²) in [5, 5.41) is 0. The first-order valence-corrected chi connectivity index (χ1v) is 11.8. The van der Waals surface area contributed by atoms with Gasteiger partial charge in [-0.1, -0.05) is 47.7 Å². The van der Waals surface area contributed by atoms with Crippen LogP contribution in [0.3, 0.4) is 0 Å². The maximum atomic E-state index is 12.5.